The Hall–Kier alpha value is -3.15. The zero-order valence-corrected chi connectivity index (χ0v) is 17.9. The summed E-state index contributed by atoms with van der Waals surface area (Å²) >= 11 is 0. The van der Waals surface area contributed by atoms with Gasteiger partial charge in [-0.1, -0.05) is 60.7 Å². The van der Waals surface area contributed by atoms with Gasteiger partial charge in [-0.15, -0.1) is 0 Å². The van der Waals surface area contributed by atoms with Crippen molar-refractivity contribution >= 4 is 11.0 Å². The summed E-state index contributed by atoms with van der Waals surface area (Å²) in [6.07, 6.45) is 0. The van der Waals surface area contributed by atoms with Crippen LogP contribution in [0, 0.1) is 0 Å². The van der Waals surface area contributed by atoms with Gasteiger partial charge in [-0.05, 0) is 23.3 Å². The molecular formula is C26H28N4O. The minimum atomic E-state index is 0.295. The van der Waals surface area contributed by atoms with Gasteiger partial charge in [0.1, 0.15) is 11.6 Å². The van der Waals surface area contributed by atoms with E-state index in [0.717, 1.165) is 55.3 Å². The second-order valence-electron chi connectivity index (χ2n) is 8.10. The molecule has 1 aromatic heterocycles. The predicted octanol–water partition coefficient (Wildman–Crippen LogP) is 4.48. The fraction of sp³-hybridized carbons (Fsp3) is 0.269. The number of nitrogens with one attached hydrogen (secondary N) is 1. The lowest BCUT2D eigenvalue weighted by Gasteiger charge is -2.39. The molecular weight excluding hydrogens is 384 g/mol. The summed E-state index contributed by atoms with van der Waals surface area (Å²) in [6.45, 7) is 4.95. The number of H-pyrrole nitrogens is 1. The summed E-state index contributed by atoms with van der Waals surface area (Å²) in [4.78, 5) is 13.3. The topological polar surface area (TPSA) is 44.4 Å². The number of ether oxygens (including phenoxy) is 1. The molecule has 1 aliphatic rings. The molecule has 0 saturated carbocycles. The number of hydrogen-bond acceptors (Lipinski definition) is 4. The standard InChI is InChI=1S/C26H28N4O/c1-31-22-12-13-23-24(18-22)28-25(27-23)19-29-14-16-30(17-15-29)26(20-8-4-2-5-9-20)21-10-6-3-7-11-21/h2-13,18,26H,14-17,19H2,1H3,(H,27,28). The number of fused-ring (bicyclic) bond motifs is 1. The quantitative estimate of drug-likeness (QED) is 0.507. The van der Waals surface area contributed by atoms with Crippen molar-refractivity contribution in [3.63, 3.8) is 0 Å². The molecule has 3 aromatic carbocycles. The molecule has 1 aliphatic heterocycles. The number of piperazine rings is 1. The molecule has 0 unspecified atom stereocenters. The Balaban J connectivity index is 1.28. The fourth-order valence-corrected chi connectivity index (χ4v) is 4.52. The van der Waals surface area contributed by atoms with Crippen molar-refractivity contribution < 1.29 is 4.74 Å². The lowest BCUT2D eigenvalue weighted by Crippen LogP contribution is -2.47. The lowest BCUT2D eigenvalue weighted by atomic mass is 9.96. The summed E-state index contributed by atoms with van der Waals surface area (Å²) in [6, 6.07) is 28.0. The van der Waals surface area contributed by atoms with Crippen LogP contribution in [-0.4, -0.2) is 53.1 Å². The van der Waals surface area contributed by atoms with E-state index in [0.29, 0.717) is 6.04 Å². The number of rotatable bonds is 6. The molecule has 0 spiro atoms. The minimum Gasteiger partial charge on any atom is -0.497 e. The Morgan fingerprint density at radius 2 is 1.52 bits per heavy atom. The van der Waals surface area contributed by atoms with Gasteiger partial charge in [-0.3, -0.25) is 9.80 Å². The SMILES string of the molecule is COc1ccc2nc(CN3CCN(C(c4ccccc4)c4ccccc4)CC3)[nH]c2c1. The molecule has 158 valence electrons. The predicted molar refractivity (Wildman–Crippen MR) is 124 cm³/mol. The first-order valence-electron chi connectivity index (χ1n) is 10.9. The molecule has 31 heavy (non-hydrogen) atoms. The van der Waals surface area contributed by atoms with E-state index >= 15 is 0 Å². The molecule has 2 heterocycles. The zero-order chi connectivity index (χ0) is 21.0. The van der Waals surface area contributed by atoms with E-state index in [2.05, 4.69) is 75.4 Å². The Kier molecular flexibility index (Phi) is 5.69. The van der Waals surface area contributed by atoms with Gasteiger partial charge in [0.2, 0.25) is 0 Å². The smallest absolute Gasteiger partial charge is 0.121 e. The molecule has 0 bridgehead atoms. The lowest BCUT2D eigenvalue weighted by molar-refractivity contribution is 0.103. The third kappa shape index (κ3) is 4.33. The van der Waals surface area contributed by atoms with Gasteiger partial charge in [0, 0.05) is 32.2 Å². The third-order valence-corrected chi connectivity index (χ3v) is 6.11. The van der Waals surface area contributed by atoms with Crippen molar-refractivity contribution in [2.24, 2.45) is 0 Å². The van der Waals surface area contributed by atoms with Crippen LogP contribution in [0.25, 0.3) is 11.0 Å². The third-order valence-electron chi connectivity index (χ3n) is 6.11. The molecule has 0 amide bonds. The Morgan fingerprint density at radius 3 is 2.13 bits per heavy atom. The minimum absolute atomic E-state index is 0.295. The number of aromatic nitrogens is 2. The van der Waals surface area contributed by atoms with Crippen molar-refractivity contribution in [2.45, 2.75) is 12.6 Å². The first-order chi connectivity index (χ1) is 15.3. The molecule has 5 nitrogen and oxygen atoms in total. The van der Waals surface area contributed by atoms with Crippen LogP contribution in [-0.2, 0) is 6.54 Å². The van der Waals surface area contributed by atoms with Gasteiger partial charge in [0.05, 0.1) is 30.7 Å². The van der Waals surface area contributed by atoms with Crippen LogP contribution in [0.3, 0.4) is 0 Å². The number of imidazole rings is 1. The molecule has 0 aliphatic carbocycles. The number of hydrogen-bond donors (Lipinski definition) is 1. The summed E-state index contributed by atoms with van der Waals surface area (Å²) in [7, 11) is 1.69. The summed E-state index contributed by atoms with van der Waals surface area (Å²) in [5.41, 5.74) is 4.73. The van der Waals surface area contributed by atoms with Gasteiger partial charge in [-0.2, -0.15) is 0 Å². The molecule has 0 atom stereocenters. The van der Waals surface area contributed by atoms with Crippen LogP contribution >= 0.6 is 0 Å². The van der Waals surface area contributed by atoms with Crippen LogP contribution in [0.15, 0.2) is 78.9 Å². The van der Waals surface area contributed by atoms with E-state index in [1.807, 2.05) is 18.2 Å². The van der Waals surface area contributed by atoms with Crippen LogP contribution in [0.5, 0.6) is 5.75 Å². The average Bonchev–Trinajstić information content (AvgIpc) is 3.23. The maximum atomic E-state index is 5.32. The van der Waals surface area contributed by atoms with Gasteiger partial charge in [0.15, 0.2) is 0 Å². The molecule has 5 rings (SSSR count). The molecule has 1 saturated heterocycles. The van der Waals surface area contributed by atoms with Crippen LogP contribution < -0.4 is 4.74 Å². The van der Waals surface area contributed by atoms with Crippen LogP contribution in [0.1, 0.15) is 23.0 Å². The van der Waals surface area contributed by atoms with Crippen LogP contribution in [0.2, 0.25) is 0 Å². The molecule has 1 N–H and O–H groups in total. The van der Waals surface area contributed by atoms with Crippen molar-refractivity contribution in [1.29, 1.82) is 0 Å². The highest BCUT2D eigenvalue weighted by Crippen LogP contribution is 2.29. The van der Waals surface area contributed by atoms with Gasteiger partial charge >= 0.3 is 0 Å². The van der Waals surface area contributed by atoms with E-state index in [-0.39, 0.29) is 0 Å². The average molecular weight is 413 g/mol. The number of nitrogens with zero attached hydrogens (tertiary/aromatic N) is 3. The van der Waals surface area contributed by atoms with Crippen molar-refractivity contribution in [3.8, 4) is 5.75 Å². The maximum Gasteiger partial charge on any atom is 0.121 e. The summed E-state index contributed by atoms with van der Waals surface area (Å²) in [5.74, 6) is 1.86. The molecule has 4 aromatic rings. The second-order valence-corrected chi connectivity index (χ2v) is 8.10. The van der Waals surface area contributed by atoms with Crippen molar-refractivity contribution in [2.75, 3.05) is 33.3 Å². The Morgan fingerprint density at radius 1 is 0.871 bits per heavy atom. The highest BCUT2D eigenvalue weighted by molar-refractivity contribution is 5.76. The maximum absolute atomic E-state index is 5.32. The van der Waals surface area contributed by atoms with Crippen molar-refractivity contribution in [3.05, 3.63) is 95.8 Å². The first kappa shape index (κ1) is 19.8. The Labute approximate surface area is 183 Å². The molecule has 1 fully saturated rings. The highest BCUT2D eigenvalue weighted by atomic mass is 16.5. The van der Waals surface area contributed by atoms with Gasteiger partial charge in [0.25, 0.3) is 0 Å². The second kappa shape index (κ2) is 8.92. The van der Waals surface area contributed by atoms with Crippen molar-refractivity contribution in [1.82, 2.24) is 19.8 Å². The zero-order valence-electron chi connectivity index (χ0n) is 17.9. The number of methoxy groups -OCH3 is 1. The number of benzene rings is 3. The van der Waals surface area contributed by atoms with E-state index in [1.54, 1.807) is 7.11 Å². The van der Waals surface area contributed by atoms with E-state index in [4.69, 9.17) is 9.72 Å². The van der Waals surface area contributed by atoms with E-state index < -0.39 is 0 Å². The molecule has 5 heteroatoms. The normalized spacial score (nSPS) is 15.5. The van der Waals surface area contributed by atoms with Gasteiger partial charge < -0.3 is 9.72 Å². The monoisotopic (exact) mass is 412 g/mol. The van der Waals surface area contributed by atoms with E-state index in [1.165, 1.54) is 11.1 Å². The Bertz CT molecular complexity index is 1080. The fourth-order valence-electron chi connectivity index (χ4n) is 4.52. The van der Waals surface area contributed by atoms with Crippen LogP contribution in [0.4, 0.5) is 0 Å². The largest absolute Gasteiger partial charge is 0.497 e. The first-order valence-corrected chi connectivity index (χ1v) is 10.9. The van der Waals surface area contributed by atoms with E-state index in [9.17, 15) is 0 Å². The van der Waals surface area contributed by atoms with Gasteiger partial charge in [-0.25, -0.2) is 4.98 Å². The number of aromatic amines is 1. The molecule has 0 radical (unpaired) electrons. The highest BCUT2D eigenvalue weighted by Gasteiger charge is 2.26. The summed E-state index contributed by atoms with van der Waals surface area (Å²) < 4.78 is 5.32. The summed E-state index contributed by atoms with van der Waals surface area (Å²) in [5, 5.41) is 0.